The fraction of sp³-hybridized carbons (Fsp3) is 0.500. The van der Waals surface area contributed by atoms with Crippen LogP contribution in [0.2, 0.25) is 10.0 Å². The molecular weight excluding hydrogens is 389 g/mol. The van der Waals surface area contributed by atoms with Crippen molar-refractivity contribution in [1.29, 1.82) is 0 Å². The smallest absolute Gasteiger partial charge is 0.245 e. The van der Waals surface area contributed by atoms with Gasteiger partial charge in [-0.25, -0.2) is 8.42 Å². The molecule has 1 aromatic carbocycles. The third kappa shape index (κ3) is 3.48. The van der Waals surface area contributed by atoms with Crippen LogP contribution in [0.3, 0.4) is 0 Å². The van der Waals surface area contributed by atoms with Gasteiger partial charge in [0, 0.05) is 24.7 Å². The van der Waals surface area contributed by atoms with E-state index in [9.17, 15) is 8.42 Å². The number of hydrogen-bond donors (Lipinski definition) is 0. The van der Waals surface area contributed by atoms with E-state index in [2.05, 4.69) is 15.9 Å². The highest BCUT2D eigenvalue weighted by molar-refractivity contribution is 9.10. The van der Waals surface area contributed by atoms with Crippen LogP contribution in [-0.2, 0) is 14.8 Å². The van der Waals surface area contributed by atoms with Gasteiger partial charge in [-0.3, -0.25) is 0 Å². The summed E-state index contributed by atoms with van der Waals surface area (Å²) in [5, 5.41) is 0.201. The Balaban J connectivity index is 2.29. The van der Waals surface area contributed by atoms with E-state index in [4.69, 9.17) is 27.9 Å². The number of nitrogens with zero attached hydrogens (tertiary/aromatic N) is 1. The molecule has 1 aliphatic rings. The summed E-state index contributed by atoms with van der Waals surface area (Å²) in [7, 11) is -2.23. The Kier molecular flexibility index (Phi) is 5.37. The Hall–Kier alpha value is 0.150. The molecule has 20 heavy (non-hydrogen) atoms. The molecule has 1 unspecified atom stereocenters. The van der Waals surface area contributed by atoms with Crippen molar-refractivity contribution < 1.29 is 13.2 Å². The zero-order valence-electron chi connectivity index (χ0n) is 10.8. The molecule has 1 heterocycles. The van der Waals surface area contributed by atoms with Gasteiger partial charge < -0.3 is 4.74 Å². The zero-order chi connectivity index (χ0) is 14.9. The molecule has 2 rings (SSSR count). The van der Waals surface area contributed by atoms with Crippen LogP contribution in [0.4, 0.5) is 0 Å². The van der Waals surface area contributed by atoms with E-state index in [1.54, 1.807) is 0 Å². The quantitative estimate of drug-likeness (QED) is 0.773. The molecule has 112 valence electrons. The van der Waals surface area contributed by atoms with Gasteiger partial charge in [-0.05, 0) is 25.0 Å². The minimum Gasteiger partial charge on any atom is -0.377 e. The van der Waals surface area contributed by atoms with Gasteiger partial charge in [-0.1, -0.05) is 39.1 Å². The van der Waals surface area contributed by atoms with E-state index in [-0.39, 0.29) is 21.0 Å². The summed E-state index contributed by atoms with van der Waals surface area (Å²) in [6, 6.07) is 3.03. The van der Waals surface area contributed by atoms with Crippen LogP contribution in [0.1, 0.15) is 12.8 Å². The lowest BCUT2D eigenvalue weighted by molar-refractivity contribution is 0.0979. The summed E-state index contributed by atoms with van der Waals surface area (Å²) >= 11 is 15.3. The minimum absolute atomic E-state index is 0.0652. The van der Waals surface area contributed by atoms with Crippen molar-refractivity contribution in [3.8, 4) is 0 Å². The molecule has 0 aromatic heterocycles. The average molecular weight is 403 g/mol. The van der Waals surface area contributed by atoms with Crippen LogP contribution in [0.25, 0.3) is 0 Å². The third-order valence-corrected chi connectivity index (χ3v) is 6.32. The van der Waals surface area contributed by atoms with Crippen LogP contribution >= 0.6 is 39.1 Å². The Morgan fingerprint density at radius 3 is 2.50 bits per heavy atom. The highest BCUT2D eigenvalue weighted by atomic mass is 79.9. The predicted molar refractivity (Wildman–Crippen MR) is 83.0 cm³/mol. The fourth-order valence-corrected chi connectivity index (χ4v) is 5.18. The Labute approximate surface area is 137 Å². The first kappa shape index (κ1) is 16.5. The number of hydrogen-bond acceptors (Lipinski definition) is 3. The van der Waals surface area contributed by atoms with Crippen molar-refractivity contribution in [2.24, 2.45) is 0 Å². The second kappa shape index (κ2) is 6.50. The van der Waals surface area contributed by atoms with Gasteiger partial charge in [-0.15, -0.1) is 0 Å². The van der Waals surface area contributed by atoms with Gasteiger partial charge >= 0.3 is 0 Å². The average Bonchev–Trinajstić information content (AvgIpc) is 2.79. The monoisotopic (exact) mass is 401 g/mol. The SMILES string of the molecule is CN(CC1CCCO1)S(=O)(=O)c1c(Cl)cc(Br)cc1Cl. The van der Waals surface area contributed by atoms with E-state index in [1.165, 1.54) is 23.5 Å². The molecule has 1 aromatic rings. The van der Waals surface area contributed by atoms with E-state index in [1.807, 2.05) is 0 Å². The van der Waals surface area contributed by atoms with Gasteiger partial charge in [0.05, 0.1) is 16.1 Å². The lowest BCUT2D eigenvalue weighted by atomic mass is 10.2. The summed E-state index contributed by atoms with van der Waals surface area (Å²) in [5.41, 5.74) is 0. The van der Waals surface area contributed by atoms with E-state index < -0.39 is 10.0 Å². The molecule has 0 radical (unpaired) electrons. The zero-order valence-corrected chi connectivity index (χ0v) is 14.7. The van der Waals surface area contributed by atoms with Gasteiger partial charge in [0.2, 0.25) is 10.0 Å². The first-order valence-corrected chi connectivity index (χ1v) is 9.03. The lowest BCUT2D eigenvalue weighted by Gasteiger charge is -2.21. The molecule has 0 saturated carbocycles. The van der Waals surface area contributed by atoms with E-state index >= 15 is 0 Å². The molecule has 1 saturated heterocycles. The van der Waals surface area contributed by atoms with Gasteiger partial charge in [-0.2, -0.15) is 4.31 Å². The lowest BCUT2D eigenvalue weighted by Crippen LogP contribution is -2.34. The highest BCUT2D eigenvalue weighted by Crippen LogP contribution is 2.34. The molecular formula is C12H14BrCl2NO3S. The fourth-order valence-electron chi connectivity index (χ4n) is 2.10. The molecule has 4 nitrogen and oxygen atoms in total. The number of sulfonamides is 1. The number of benzene rings is 1. The van der Waals surface area contributed by atoms with E-state index in [0.29, 0.717) is 17.6 Å². The number of likely N-dealkylation sites (N-methyl/N-ethyl adjacent to an activating group) is 1. The van der Waals surface area contributed by atoms with Gasteiger partial charge in [0.15, 0.2) is 0 Å². The van der Waals surface area contributed by atoms with Crippen molar-refractivity contribution in [2.75, 3.05) is 20.2 Å². The standard InChI is InChI=1S/C12H14BrCl2NO3S/c1-16(7-9-3-2-4-19-9)20(17,18)12-10(14)5-8(13)6-11(12)15/h5-6,9H,2-4,7H2,1H3. The van der Waals surface area contributed by atoms with Crippen molar-refractivity contribution >= 4 is 49.2 Å². The Morgan fingerprint density at radius 1 is 1.40 bits per heavy atom. The summed E-state index contributed by atoms with van der Waals surface area (Å²) in [6.45, 7) is 0.976. The first-order valence-electron chi connectivity index (χ1n) is 6.05. The van der Waals surface area contributed by atoms with Crippen LogP contribution in [0.15, 0.2) is 21.5 Å². The Morgan fingerprint density at radius 2 is 2.00 bits per heavy atom. The number of rotatable bonds is 4. The van der Waals surface area contributed by atoms with Crippen LogP contribution in [0, 0.1) is 0 Å². The van der Waals surface area contributed by atoms with E-state index in [0.717, 1.165) is 12.8 Å². The van der Waals surface area contributed by atoms with Gasteiger partial charge in [0.25, 0.3) is 0 Å². The first-order chi connectivity index (χ1) is 9.32. The van der Waals surface area contributed by atoms with Crippen molar-refractivity contribution in [3.05, 3.63) is 26.7 Å². The second-order valence-corrected chi connectivity index (χ2v) is 8.33. The van der Waals surface area contributed by atoms with Gasteiger partial charge in [0.1, 0.15) is 4.90 Å². The largest absolute Gasteiger partial charge is 0.377 e. The molecule has 0 spiro atoms. The Bertz CT molecular complexity index is 580. The minimum atomic E-state index is -3.74. The maximum absolute atomic E-state index is 12.6. The summed E-state index contributed by atoms with van der Waals surface area (Å²) in [4.78, 5) is -0.0652. The van der Waals surface area contributed by atoms with Crippen LogP contribution in [0.5, 0.6) is 0 Å². The topological polar surface area (TPSA) is 46.6 Å². The normalized spacial score (nSPS) is 19.8. The third-order valence-electron chi connectivity index (χ3n) is 3.12. The number of ether oxygens (including phenoxy) is 1. The molecule has 0 aliphatic carbocycles. The maximum atomic E-state index is 12.6. The molecule has 0 bridgehead atoms. The summed E-state index contributed by atoms with van der Waals surface area (Å²) in [6.07, 6.45) is 1.75. The van der Waals surface area contributed by atoms with Crippen LogP contribution < -0.4 is 0 Å². The molecule has 1 atom stereocenters. The summed E-state index contributed by atoms with van der Waals surface area (Å²) < 4.78 is 32.4. The molecule has 8 heteroatoms. The van der Waals surface area contributed by atoms with Crippen LogP contribution in [-0.4, -0.2) is 39.0 Å². The second-order valence-electron chi connectivity index (χ2n) is 4.62. The highest BCUT2D eigenvalue weighted by Gasteiger charge is 2.29. The summed E-state index contributed by atoms with van der Waals surface area (Å²) in [5.74, 6) is 0. The molecule has 1 fully saturated rings. The predicted octanol–water partition coefficient (Wildman–Crippen LogP) is 3.56. The number of halogens is 3. The maximum Gasteiger partial charge on any atom is 0.245 e. The van der Waals surface area contributed by atoms with Crippen molar-refractivity contribution in [1.82, 2.24) is 4.31 Å². The van der Waals surface area contributed by atoms with Crippen molar-refractivity contribution in [3.63, 3.8) is 0 Å². The van der Waals surface area contributed by atoms with Crippen molar-refractivity contribution in [2.45, 2.75) is 23.8 Å². The molecule has 0 N–H and O–H groups in total. The molecule has 0 amide bonds. The molecule has 1 aliphatic heterocycles.